The molecule has 1 fully saturated rings. The maximum absolute atomic E-state index is 12.0. The molecule has 0 heterocycles. The number of hydrogen-bond acceptors (Lipinski definition) is 7. The van der Waals surface area contributed by atoms with E-state index < -0.39 is 8.32 Å². The summed E-state index contributed by atoms with van der Waals surface area (Å²) in [6, 6.07) is 7.98. The van der Waals surface area contributed by atoms with Crippen LogP contribution in [0.3, 0.4) is 0 Å². The van der Waals surface area contributed by atoms with Crippen molar-refractivity contribution >= 4 is 14.3 Å². The Morgan fingerprint density at radius 3 is 2.42 bits per heavy atom. The van der Waals surface area contributed by atoms with Crippen LogP contribution >= 0.6 is 0 Å². The molecule has 1 aliphatic carbocycles. The fourth-order valence-electron chi connectivity index (χ4n) is 4.63. The molecule has 0 N–H and O–H groups in total. The number of rotatable bonds is 17. The molecule has 8 heteroatoms. The normalized spacial score (nSPS) is 20.9. The fourth-order valence-corrected chi connectivity index (χ4v) is 5.92. The van der Waals surface area contributed by atoms with Crippen molar-refractivity contribution < 1.29 is 32.9 Å². The molecular formula is C32H52O7Si. The second-order valence-electron chi connectivity index (χ2n) is 12.0. The molecule has 0 aromatic heterocycles. The van der Waals surface area contributed by atoms with Crippen LogP contribution in [0.5, 0.6) is 5.75 Å². The molecule has 1 aromatic rings. The zero-order valence-electron chi connectivity index (χ0n) is 25.9. The molecule has 0 saturated heterocycles. The van der Waals surface area contributed by atoms with E-state index in [0.29, 0.717) is 6.61 Å². The summed E-state index contributed by atoms with van der Waals surface area (Å²) in [7, 11) is 2.62. The lowest BCUT2D eigenvalue weighted by Gasteiger charge is -2.41. The Kier molecular flexibility index (Phi) is 14.6. The van der Waals surface area contributed by atoms with Crippen LogP contribution in [0.2, 0.25) is 18.1 Å². The van der Waals surface area contributed by atoms with Gasteiger partial charge in [0.1, 0.15) is 12.5 Å². The summed E-state index contributed by atoms with van der Waals surface area (Å²) in [6.07, 6.45) is 12.7. The monoisotopic (exact) mass is 576 g/mol. The first-order chi connectivity index (χ1) is 19.0. The summed E-state index contributed by atoms with van der Waals surface area (Å²) in [5.74, 6) is 0.968. The number of carbonyl (C=O) groups is 1. The molecule has 0 spiro atoms. The van der Waals surface area contributed by atoms with Gasteiger partial charge in [0.2, 0.25) is 0 Å². The van der Waals surface area contributed by atoms with Crippen LogP contribution in [0.15, 0.2) is 48.6 Å². The van der Waals surface area contributed by atoms with Gasteiger partial charge in [0.15, 0.2) is 8.32 Å². The Balaban J connectivity index is 1.98. The third kappa shape index (κ3) is 11.5. The van der Waals surface area contributed by atoms with Crippen molar-refractivity contribution in [3.63, 3.8) is 0 Å². The van der Waals surface area contributed by atoms with E-state index in [9.17, 15) is 4.79 Å². The number of unbranched alkanes of at least 4 members (excludes halogenated alkanes) is 2. The first kappa shape index (κ1) is 34.2. The highest BCUT2D eigenvalue weighted by molar-refractivity contribution is 6.74. The maximum Gasteiger partial charge on any atom is 0.330 e. The smallest absolute Gasteiger partial charge is 0.330 e. The molecule has 4 atom stereocenters. The van der Waals surface area contributed by atoms with E-state index in [1.165, 1.54) is 13.2 Å². The lowest BCUT2D eigenvalue weighted by molar-refractivity contribution is -0.134. The predicted octanol–water partition coefficient (Wildman–Crippen LogP) is 7.07. The van der Waals surface area contributed by atoms with Gasteiger partial charge in [-0.2, -0.15) is 0 Å². The van der Waals surface area contributed by atoms with Crippen molar-refractivity contribution in [2.45, 2.75) is 89.8 Å². The third-order valence-corrected chi connectivity index (χ3v) is 12.5. The van der Waals surface area contributed by atoms with E-state index in [0.717, 1.165) is 50.0 Å². The van der Waals surface area contributed by atoms with Gasteiger partial charge in [0, 0.05) is 19.8 Å². The van der Waals surface area contributed by atoms with E-state index in [1.54, 1.807) is 14.2 Å². The van der Waals surface area contributed by atoms with Crippen LogP contribution in [0.25, 0.3) is 0 Å². The number of carbonyl (C=O) groups excluding carboxylic acids is 1. The summed E-state index contributed by atoms with van der Waals surface area (Å²) < 4.78 is 34.0. The molecule has 0 radical (unpaired) electrons. The summed E-state index contributed by atoms with van der Waals surface area (Å²) in [4.78, 5) is 12.0. The summed E-state index contributed by atoms with van der Waals surface area (Å²) in [5.41, 5.74) is 1.15. The van der Waals surface area contributed by atoms with E-state index in [1.807, 2.05) is 30.3 Å². The second-order valence-corrected chi connectivity index (χ2v) is 16.8. The van der Waals surface area contributed by atoms with Crippen LogP contribution in [-0.2, 0) is 34.8 Å². The van der Waals surface area contributed by atoms with E-state index in [2.05, 4.69) is 46.0 Å². The largest absolute Gasteiger partial charge is 0.497 e. The van der Waals surface area contributed by atoms with Crippen LogP contribution in [0, 0.1) is 11.8 Å². The zero-order chi connectivity index (χ0) is 29.6. The standard InChI is InChI=1S/C32H52O7Si/c1-32(2,3)40(7,8)39-30(18-19-31(33)36-6)29-22-28(38-24-34-4)21-26(29)13-11-9-10-12-20-37-23-25-14-16-27(35-5)17-15-25/h11,13-19,26,28-30H,9-10,12,20-24H2,1-8H3/b13-11+,19-18+/t26-,28+,29-,30+/m1/s1. The van der Waals surface area contributed by atoms with Gasteiger partial charge in [-0.3, -0.25) is 0 Å². The second kappa shape index (κ2) is 17.1. The van der Waals surface area contributed by atoms with Gasteiger partial charge >= 0.3 is 5.97 Å². The number of hydrogen-bond donors (Lipinski definition) is 0. The molecule has 40 heavy (non-hydrogen) atoms. The Hall–Kier alpha value is -1.97. The number of benzene rings is 1. The van der Waals surface area contributed by atoms with Gasteiger partial charge in [-0.1, -0.05) is 45.1 Å². The maximum atomic E-state index is 12.0. The summed E-state index contributed by atoms with van der Waals surface area (Å²) in [6.45, 7) is 12.8. The molecule has 1 aromatic carbocycles. The summed E-state index contributed by atoms with van der Waals surface area (Å²) in [5, 5.41) is 0.0513. The SMILES string of the molecule is COCO[C@@H]1C[C@@H]([C@H](/C=C/C(=O)OC)O[Si](C)(C)C(C)(C)C)[C@H](/C=C/CCCCOCc2ccc(OC)cc2)C1. The highest BCUT2D eigenvalue weighted by atomic mass is 28.4. The van der Waals surface area contributed by atoms with E-state index in [4.69, 9.17) is 28.1 Å². The average Bonchev–Trinajstić information content (AvgIpc) is 3.33. The molecule has 2 rings (SSSR count). The minimum absolute atomic E-state index is 0.0513. The Bertz CT molecular complexity index is 920. The number of methoxy groups -OCH3 is 3. The van der Waals surface area contributed by atoms with Crippen LogP contribution in [0.4, 0.5) is 0 Å². The van der Waals surface area contributed by atoms with Crippen LogP contribution in [0.1, 0.15) is 58.4 Å². The van der Waals surface area contributed by atoms with Gasteiger partial charge in [0.05, 0.1) is 33.0 Å². The van der Waals surface area contributed by atoms with Gasteiger partial charge < -0.3 is 28.1 Å². The van der Waals surface area contributed by atoms with Gasteiger partial charge in [0.25, 0.3) is 0 Å². The first-order valence-electron chi connectivity index (χ1n) is 14.4. The fraction of sp³-hybridized carbons (Fsp3) is 0.656. The van der Waals surface area contributed by atoms with Crippen molar-refractivity contribution in [1.29, 1.82) is 0 Å². The minimum Gasteiger partial charge on any atom is -0.497 e. The number of allylic oxidation sites excluding steroid dienone is 2. The highest BCUT2D eigenvalue weighted by Gasteiger charge is 2.44. The molecular weight excluding hydrogens is 524 g/mol. The van der Waals surface area contributed by atoms with Gasteiger partial charge in [-0.05, 0) is 85.8 Å². The third-order valence-electron chi connectivity index (χ3n) is 8.04. The van der Waals surface area contributed by atoms with Crippen molar-refractivity contribution in [3.8, 4) is 5.75 Å². The van der Waals surface area contributed by atoms with Crippen LogP contribution in [-0.4, -0.2) is 61.2 Å². The van der Waals surface area contributed by atoms with Gasteiger partial charge in [-0.25, -0.2) is 4.79 Å². The van der Waals surface area contributed by atoms with Crippen molar-refractivity contribution in [2.24, 2.45) is 11.8 Å². The van der Waals surface area contributed by atoms with E-state index in [-0.39, 0.29) is 41.8 Å². The lowest BCUT2D eigenvalue weighted by atomic mass is 9.90. The topological polar surface area (TPSA) is 72.5 Å². The molecule has 1 aliphatic rings. The van der Waals surface area contributed by atoms with Crippen molar-refractivity contribution in [1.82, 2.24) is 0 Å². The number of esters is 1. The van der Waals surface area contributed by atoms with Crippen molar-refractivity contribution in [2.75, 3.05) is 34.7 Å². The molecule has 226 valence electrons. The molecule has 1 saturated carbocycles. The predicted molar refractivity (Wildman–Crippen MR) is 162 cm³/mol. The molecule has 0 unspecified atom stereocenters. The minimum atomic E-state index is -2.09. The molecule has 0 aliphatic heterocycles. The Morgan fingerprint density at radius 2 is 1.80 bits per heavy atom. The molecule has 0 amide bonds. The Labute approximate surface area is 243 Å². The van der Waals surface area contributed by atoms with Crippen LogP contribution < -0.4 is 4.74 Å². The summed E-state index contributed by atoms with van der Waals surface area (Å²) >= 11 is 0. The quantitative estimate of drug-likeness (QED) is 0.0490. The zero-order valence-corrected chi connectivity index (χ0v) is 26.9. The average molecular weight is 577 g/mol. The van der Waals surface area contributed by atoms with E-state index >= 15 is 0 Å². The molecule has 7 nitrogen and oxygen atoms in total. The highest BCUT2D eigenvalue weighted by Crippen LogP contribution is 2.43. The number of ether oxygens (including phenoxy) is 5. The molecule has 0 bridgehead atoms. The lowest BCUT2D eigenvalue weighted by Crippen LogP contribution is -2.45. The van der Waals surface area contributed by atoms with Crippen molar-refractivity contribution in [3.05, 3.63) is 54.1 Å². The first-order valence-corrected chi connectivity index (χ1v) is 17.3. The van der Waals surface area contributed by atoms with Gasteiger partial charge in [-0.15, -0.1) is 0 Å². The Morgan fingerprint density at radius 1 is 1.07 bits per heavy atom.